The van der Waals surface area contributed by atoms with Crippen LogP contribution in [0.2, 0.25) is 0 Å². The first-order valence-electron chi connectivity index (χ1n) is 16.6. The van der Waals surface area contributed by atoms with Gasteiger partial charge in [-0.3, -0.25) is 4.79 Å². The van der Waals surface area contributed by atoms with E-state index in [-0.39, 0.29) is 11.8 Å². The number of benzene rings is 4. The molecule has 47 heavy (non-hydrogen) atoms. The van der Waals surface area contributed by atoms with Crippen LogP contribution in [-0.4, -0.2) is 85.3 Å². The van der Waals surface area contributed by atoms with E-state index in [4.69, 9.17) is 14.5 Å². The molecule has 8 nitrogen and oxygen atoms in total. The molecule has 1 amide bonds. The van der Waals surface area contributed by atoms with Gasteiger partial charge in [-0.25, -0.2) is 4.98 Å². The number of carbonyl (C=O) groups excluding carboxylic acids is 1. The SMILES string of the molecule is COc1ccc(C(CCN2CCCN(c3nc4ccccc4n3CCOc3ccccc3)CC2)CN(C)C(=O)c2ccccc2)cc1. The predicted octanol–water partition coefficient (Wildman–Crippen LogP) is 6.58. The summed E-state index contributed by atoms with van der Waals surface area (Å²) in [7, 11) is 3.60. The van der Waals surface area contributed by atoms with Crippen molar-refractivity contribution in [3.8, 4) is 11.5 Å². The topological polar surface area (TPSA) is 63.1 Å². The number of nitrogens with zero attached hydrogens (tertiary/aromatic N) is 5. The molecule has 6 rings (SSSR count). The highest BCUT2D eigenvalue weighted by atomic mass is 16.5. The van der Waals surface area contributed by atoms with Crippen molar-refractivity contribution in [2.75, 3.05) is 64.9 Å². The van der Waals surface area contributed by atoms with Gasteiger partial charge in [-0.05, 0) is 80.0 Å². The number of amides is 1. The van der Waals surface area contributed by atoms with Crippen LogP contribution in [0.1, 0.15) is 34.7 Å². The van der Waals surface area contributed by atoms with Gasteiger partial charge in [0.05, 0.1) is 24.7 Å². The molecule has 0 N–H and O–H groups in total. The lowest BCUT2D eigenvalue weighted by Gasteiger charge is -2.28. The first-order chi connectivity index (χ1) is 23.1. The van der Waals surface area contributed by atoms with E-state index < -0.39 is 0 Å². The second-order valence-corrected chi connectivity index (χ2v) is 12.2. The molecule has 1 aliphatic heterocycles. The Balaban J connectivity index is 1.12. The second kappa shape index (κ2) is 15.6. The number of para-hydroxylation sites is 3. The lowest BCUT2D eigenvalue weighted by Crippen LogP contribution is -2.35. The molecule has 0 radical (unpaired) electrons. The Morgan fingerprint density at radius 1 is 0.809 bits per heavy atom. The van der Waals surface area contributed by atoms with Crippen molar-refractivity contribution < 1.29 is 14.3 Å². The maximum Gasteiger partial charge on any atom is 0.253 e. The Labute approximate surface area is 278 Å². The summed E-state index contributed by atoms with van der Waals surface area (Å²) in [6.45, 7) is 6.75. The van der Waals surface area contributed by atoms with Crippen molar-refractivity contribution in [1.82, 2.24) is 19.4 Å². The Bertz CT molecular complexity index is 1710. The van der Waals surface area contributed by atoms with Crippen molar-refractivity contribution in [1.29, 1.82) is 0 Å². The minimum Gasteiger partial charge on any atom is -0.497 e. The van der Waals surface area contributed by atoms with Crippen LogP contribution in [0.5, 0.6) is 11.5 Å². The van der Waals surface area contributed by atoms with Crippen LogP contribution in [0.3, 0.4) is 0 Å². The molecular formula is C39H45N5O3. The van der Waals surface area contributed by atoms with Gasteiger partial charge in [0.1, 0.15) is 18.1 Å². The number of ether oxygens (including phenoxy) is 2. The molecule has 1 aromatic heterocycles. The molecule has 244 valence electrons. The van der Waals surface area contributed by atoms with E-state index in [1.165, 1.54) is 5.56 Å². The molecule has 4 aromatic carbocycles. The molecule has 8 heteroatoms. The van der Waals surface area contributed by atoms with Crippen molar-refractivity contribution >= 4 is 22.9 Å². The number of rotatable bonds is 13. The van der Waals surface area contributed by atoms with Crippen LogP contribution >= 0.6 is 0 Å². The Morgan fingerprint density at radius 3 is 2.30 bits per heavy atom. The summed E-state index contributed by atoms with van der Waals surface area (Å²) < 4.78 is 13.8. The summed E-state index contributed by atoms with van der Waals surface area (Å²) in [6, 6.07) is 36.2. The lowest BCUT2D eigenvalue weighted by atomic mass is 9.94. The maximum atomic E-state index is 13.2. The highest BCUT2D eigenvalue weighted by Gasteiger charge is 2.23. The smallest absolute Gasteiger partial charge is 0.253 e. The van der Waals surface area contributed by atoms with Gasteiger partial charge >= 0.3 is 0 Å². The normalized spacial score (nSPS) is 14.5. The van der Waals surface area contributed by atoms with Gasteiger partial charge in [-0.15, -0.1) is 0 Å². The van der Waals surface area contributed by atoms with E-state index in [1.807, 2.05) is 84.7 Å². The number of imidazole rings is 1. The van der Waals surface area contributed by atoms with Crippen LogP contribution in [-0.2, 0) is 6.54 Å². The van der Waals surface area contributed by atoms with Gasteiger partial charge in [0.2, 0.25) is 5.95 Å². The highest BCUT2D eigenvalue weighted by Crippen LogP contribution is 2.27. The minimum absolute atomic E-state index is 0.0478. The minimum atomic E-state index is 0.0478. The van der Waals surface area contributed by atoms with Gasteiger partial charge in [0.25, 0.3) is 5.91 Å². The van der Waals surface area contributed by atoms with Crippen molar-refractivity contribution in [2.24, 2.45) is 0 Å². The molecule has 2 heterocycles. The summed E-state index contributed by atoms with van der Waals surface area (Å²) in [4.78, 5) is 25.2. The van der Waals surface area contributed by atoms with E-state index in [1.54, 1.807) is 7.11 Å². The lowest BCUT2D eigenvalue weighted by molar-refractivity contribution is 0.0782. The first-order valence-corrected chi connectivity index (χ1v) is 16.6. The van der Waals surface area contributed by atoms with Gasteiger partial charge in [-0.1, -0.05) is 60.7 Å². The highest BCUT2D eigenvalue weighted by molar-refractivity contribution is 5.94. The third kappa shape index (κ3) is 8.13. The average Bonchev–Trinajstić information content (AvgIpc) is 3.32. The molecule has 1 atom stereocenters. The molecule has 0 saturated carbocycles. The number of hydrogen-bond donors (Lipinski definition) is 0. The number of hydrogen-bond acceptors (Lipinski definition) is 6. The number of aromatic nitrogens is 2. The second-order valence-electron chi connectivity index (χ2n) is 12.2. The quantitative estimate of drug-likeness (QED) is 0.146. The summed E-state index contributed by atoms with van der Waals surface area (Å²) in [6.07, 6.45) is 2.01. The van der Waals surface area contributed by atoms with Crippen molar-refractivity contribution in [3.63, 3.8) is 0 Å². The van der Waals surface area contributed by atoms with E-state index in [0.29, 0.717) is 18.7 Å². The number of fused-ring (bicyclic) bond motifs is 1. The fraction of sp³-hybridized carbons (Fsp3) is 0.333. The predicted molar refractivity (Wildman–Crippen MR) is 189 cm³/mol. The van der Waals surface area contributed by atoms with Crippen LogP contribution in [0.25, 0.3) is 11.0 Å². The third-order valence-electron chi connectivity index (χ3n) is 9.08. The van der Waals surface area contributed by atoms with Gasteiger partial charge in [-0.2, -0.15) is 0 Å². The molecule has 1 aliphatic rings. The van der Waals surface area contributed by atoms with Crippen molar-refractivity contribution in [3.05, 3.63) is 120 Å². The number of anilines is 1. The summed E-state index contributed by atoms with van der Waals surface area (Å²) in [5, 5.41) is 0. The number of likely N-dealkylation sites (N-methyl/N-ethyl adjacent to an activating group) is 1. The Kier molecular flexibility index (Phi) is 10.7. The van der Waals surface area contributed by atoms with Gasteiger partial charge in [0, 0.05) is 44.7 Å². The van der Waals surface area contributed by atoms with Crippen LogP contribution in [0.4, 0.5) is 5.95 Å². The van der Waals surface area contributed by atoms with E-state index in [0.717, 1.165) is 80.6 Å². The van der Waals surface area contributed by atoms with E-state index in [2.05, 4.69) is 50.8 Å². The molecule has 5 aromatic rings. The first kappa shape index (κ1) is 32.1. The van der Waals surface area contributed by atoms with Crippen LogP contribution in [0.15, 0.2) is 109 Å². The number of methoxy groups -OCH3 is 1. The van der Waals surface area contributed by atoms with Crippen LogP contribution < -0.4 is 14.4 Å². The summed E-state index contributed by atoms with van der Waals surface area (Å²) >= 11 is 0. The summed E-state index contributed by atoms with van der Waals surface area (Å²) in [5.74, 6) is 2.99. The molecule has 0 bridgehead atoms. The molecule has 0 aliphatic carbocycles. The van der Waals surface area contributed by atoms with Gasteiger partial charge in [0.15, 0.2) is 0 Å². The molecule has 1 fully saturated rings. The zero-order chi connectivity index (χ0) is 32.4. The van der Waals surface area contributed by atoms with Crippen LogP contribution in [0, 0.1) is 0 Å². The maximum absolute atomic E-state index is 13.2. The average molecular weight is 632 g/mol. The molecular weight excluding hydrogens is 586 g/mol. The summed E-state index contributed by atoms with van der Waals surface area (Å²) in [5.41, 5.74) is 4.09. The molecule has 1 saturated heterocycles. The Hall–Kier alpha value is -4.82. The fourth-order valence-electron chi connectivity index (χ4n) is 6.48. The zero-order valence-electron chi connectivity index (χ0n) is 27.5. The zero-order valence-corrected chi connectivity index (χ0v) is 27.5. The molecule has 1 unspecified atom stereocenters. The standard InChI is InChI=1S/C39H45N5O3/c1-41(38(45)32-12-5-3-6-13-32)30-33(31-18-20-34(46-2)21-19-31)22-25-42-23-11-24-43(27-26-42)39-40-36-16-9-10-17-37(36)44(39)28-29-47-35-14-7-4-8-15-35/h3-10,12-21,33H,11,22-30H2,1-2H3. The van der Waals surface area contributed by atoms with Gasteiger partial charge < -0.3 is 28.7 Å². The Morgan fingerprint density at radius 2 is 1.53 bits per heavy atom. The van der Waals surface area contributed by atoms with E-state index in [9.17, 15) is 4.79 Å². The largest absolute Gasteiger partial charge is 0.497 e. The molecule has 0 spiro atoms. The third-order valence-corrected chi connectivity index (χ3v) is 9.08. The van der Waals surface area contributed by atoms with E-state index >= 15 is 0 Å². The van der Waals surface area contributed by atoms with Crippen molar-refractivity contribution in [2.45, 2.75) is 25.3 Å². The number of carbonyl (C=O) groups is 1. The fourth-order valence-corrected chi connectivity index (χ4v) is 6.48. The monoisotopic (exact) mass is 631 g/mol.